The number of nitrogens with one attached hydrogen (secondary N) is 1. The third kappa shape index (κ3) is 2.81. The van der Waals surface area contributed by atoms with Crippen molar-refractivity contribution in [3.8, 4) is 5.88 Å². The van der Waals surface area contributed by atoms with Crippen LogP contribution in [0.25, 0.3) is 0 Å². The third-order valence-corrected chi connectivity index (χ3v) is 3.72. The Hall–Kier alpha value is -1.58. The number of rotatable bonds is 4. The monoisotopic (exact) mass is 248 g/mol. The molecular formula is C14H20N2O2. The van der Waals surface area contributed by atoms with Gasteiger partial charge in [0.15, 0.2) is 0 Å². The van der Waals surface area contributed by atoms with Gasteiger partial charge in [0.1, 0.15) is 0 Å². The third-order valence-electron chi connectivity index (χ3n) is 3.72. The zero-order chi connectivity index (χ0) is 13.0. The molecule has 1 heterocycles. The molecule has 2 rings (SSSR count). The van der Waals surface area contributed by atoms with Crippen molar-refractivity contribution >= 4 is 5.91 Å². The predicted octanol–water partition coefficient (Wildman–Crippen LogP) is 2.29. The first-order valence-corrected chi connectivity index (χ1v) is 6.41. The quantitative estimate of drug-likeness (QED) is 0.889. The lowest BCUT2D eigenvalue weighted by Gasteiger charge is -2.22. The van der Waals surface area contributed by atoms with Crippen molar-refractivity contribution in [2.24, 2.45) is 5.41 Å². The number of hydrogen-bond donors (Lipinski definition) is 1. The normalized spacial score (nSPS) is 17.4. The maximum absolute atomic E-state index is 12.1. The summed E-state index contributed by atoms with van der Waals surface area (Å²) < 4.78 is 4.99. The van der Waals surface area contributed by atoms with Crippen LogP contribution in [-0.4, -0.2) is 18.0 Å². The average Bonchev–Trinajstić information content (AvgIpc) is 2.85. The molecule has 1 fully saturated rings. The molecule has 1 aromatic heterocycles. The van der Waals surface area contributed by atoms with Gasteiger partial charge in [-0.1, -0.05) is 25.8 Å². The number of carbonyl (C=O) groups excluding carboxylic acids is 1. The van der Waals surface area contributed by atoms with Crippen LogP contribution in [0.1, 0.15) is 38.2 Å². The van der Waals surface area contributed by atoms with Crippen molar-refractivity contribution in [3.63, 3.8) is 0 Å². The van der Waals surface area contributed by atoms with E-state index >= 15 is 0 Å². The van der Waals surface area contributed by atoms with Gasteiger partial charge in [-0.3, -0.25) is 4.79 Å². The highest BCUT2D eigenvalue weighted by Gasteiger charge is 2.35. The molecule has 0 aliphatic heterocycles. The summed E-state index contributed by atoms with van der Waals surface area (Å²) in [5.74, 6) is 0.753. The first-order chi connectivity index (χ1) is 8.64. The predicted molar refractivity (Wildman–Crippen MR) is 69.2 cm³/mol. The zero-order valence-electron chi connectivity index (χ0n) is 11.0. The van der Waals surface area contributed by atoms with Crippen molar-refractivity contribution in [1.29, 1.82) is 0 Å². The Bertz CT molecular complexity index is 408. The van der Waals surface area contributed by atoms with Gasteiger partial charge >= 0.3 is 0 Å². The zero-order valence-corrected chi connectivity index (χ0v) is 11.0. The molecule has 1 saturated carbocycles. The number of ether oxygens (including phenoxy) is 1. The van der Waals surface area contributed by atoms with E-state index < -0.39 is 0 Å². The maximum Gasteiger partial charge on any atom is 0.226 e. The van der Waals surface area contributed by atoms with E-state index in [1.165, 1.54) is 0 Å². The van der Waals surface area contributed by atoms with Gasteiger partial charge in [-0.25, -0.2) is 4.98 Å². The van der Waals surface area contributed by atoms with Crippen LogP contribution >= 0.6 is 0 Å². The van der Waals surface area contributed by atoms with Gasteiger partial charge in [0.25, 0.3) is 0 Å². The Morgan fingerprint density at radius 1 is 1.44 bits per heavy atom. The largest absolute Gasteiger partial charge is 0.481 e. The van der Waals surface area contributed by atoms with Gasteiger partial charge in [-0.15, -0.1) is 0 Å². The number of aromatic nitrogens is 1. The van der Waals surface area contributed by atoms with E-state index in [4.69, 9.17) is 4.74 Å². The minimum atomic E-state index is -0.167. The molecule has 0 aromatic carbocycles. The number of carbonyl (C=O) groups is 1. The minimum absolute atomic E-state index is 0.163. The van der Waals surface area contributed by atoms with Crippen LogP contribution in [0.3, 0.4) is 0 Å². The first-order valence-electron chi connectivity index (χ1n) is 6.41. The molecule has 4 nitrogen and oxygen atoms in total. The van der Waals surface area contributed by atoms with Crippen molar-refractivity contribution in [3.05, 3.63) is 23.9 Å². The van der Waals surface area contributed by atoms with Gasteiger partial charge in [-0.2, -0.15) is 0 Å². The first kappa shape index (κ1) is 12.9. The summed E-state index contributed by atoms with van der Waals surface area (Å²) in [7, 11) is 1.59. The molecule has 1 aromatic rings. The standard InChI is InChI=1S/C14H20N2O2/c1-14(7-3-4-8-14)13(17)16-10-11-5-6-12(18-2)15-9-11/h5-6,9H,3-4,7-8,10H2,1-2H3,(H,16,17). The lowest BCUT2D eigenvalue weighted by atomic mass is 9.88. The highest BCUT2D eigenvalue weighted by atomic mass is 16.5. The molecule has 0 unspecified atom stereocenters. The topological polar surface area (TPSA) is 51.2 Å². The van der Waals surface area contributed by atoms with E-state index in [-0.39, 0.29) is 11.3 Å². The second-order valence-electron chi connectivity index (χ2n) is 5.16. The van der Waals surface area contributed by atoms with Crippen LogP contribution in [0.2, 0.25) is 0 Å². The molecule has 18 heavy (non-hydrogen) atoms. The van der Waals surface area contributed by atoms with Crippen LogP contribution in [0.5, 0.6) is 5.88 Å². The fraction of sp³-hybridized carbons (Fsp3) is 0.571. The number of amides is 1. The van der Waals surface area contributed by atoms with Crippen LogP contribution in [-0.2, 0) is 11.3 Å². The van der Waals surface area contributed by atoms with Gasteiger partial charge in [0.05, 0.1) is 7.11 Å². The van der Waals surface area contributed by atoms with E-state index in [9.17, 15) is 4.79 Å². The van der Waals surface area contributed by atoms with E-state index in [0.717, 1.165) is 31.2 Å². The summed E-state index contributed by atoms with van der Waals surface area (Å²) in [6.45, 7) is 2.59. The van der Waals surface area contributed by atoms with Crippen LogP contribution in [0.4, 0.5) is 0 Å². The smallest absolute Gasteiger partial charge is 0.226 e. The van der Waals surface area contributed by atoms with Crippen molar-refractivity contribution in [2.75, 3.05) is 7.11 Å². The Balaban J connectivity index is 1.88. The van der Waals surface area contributed by atoms with Crippen LogP contribution < -0.4 is 10.1 Å². The molecule has 1 amide bonds. The molecule has 1 aliphatic carbocycles. The fourth-order valence-electron chi connectivity index (χ4n) is 2.41. The average molecular weight is 248 g/mol. The van der Waals surface area contributed by atoms with Crippen molar-refractivity contribution in [2.45, 2.75) is 39.2 Å². The van der Waals surface area contributed by atoms with Gasteiger partial charge in [0, 0.05) is 24.2 Å². The molecule has 0 spiro atoms. The summed E-state index contributed by atoms with van der Waals surface area (Å²) in [4.78, 5) is 16.2. The molecule has 4 heteroatoms. The maximum atomic E-state index is 12.1. The highest BCUT2D eigenvalue weighted by Crippen LogP contribution is 2.37. The molecule has 0 bridgehead atoms. The lowest BCUT2D eigenvalue weighted by Crippen LogP contribution is -2.36. The Morgan fingerprint density at radius 3 is 2.72 bits per heavy atom. The highest BCUT2D eigenvalue weighted by molar-refractivity contribution is 5.82. The Morgan fingerprint density at radius 2 is 2.17 bits per heavy atom. The summed E-state index contributed by atoms with van der Waals surface area (Å²) in [5.41, 5.74) is 0.825. The minimum Gasteiger partial charge on any atom is -0.481 e. The fourth-order valence-corrected chi connectivity index (χ4v) is 2.41. The van der Waals surface area contributed by atoms with Crippen LogP contribution in [0.15, 0.2) is 18.3 Å². The van der Waals surface area contributed by atoms with Crippen molar-refractivity contribution < 1.29 is 9.53 Å². The van der Waals surface area contributed by atoms with Gasteiger partial charge in [0.2, 0.25) is 11.8 Å². The number of methoxy groups -OCH3 is 1. The molecule has 0 atom stereocenters. The molecule has 1 N–H and O–H groups in total. The molecular weight excluding hydrogens is 228 g/mol. The summed E-state index contributed by atoms with van der Waals surface area (Å²) >= 11 is 0. The summed E-state index contributed by atoms with van der Waals surface area (Å²) in [6, 6.07) is 3.72. The molecule has 98 valence electrons. The van der Waals surface area contributed by atoms with Gasteiger partial charge < -0.3 is 10.1 Å². The summed E-state index contributed by atoms with van der Waals surface area (Å²) in [6.07, 6.45) is 6.05. The number of pyridine rings is 1. The second-order valence-corrected chi connectivity index (χ2v) is 5.16. The SMILES string of the molecule is COc1ccc(CNC(=O)C2(C)CCCC2)cn1. The molecule has 0 radical (unpaired) electrons. The van der Waals surface area contributed by atoms with E-state index in [1.807, 2.05) is 6.07 Å². The number of nitrogens with zero attached hydrogens (tertiary/aromatic N) is 1. The van der Waals surface area contributed by atoms with E-state index in [1.54, 1.807) is 19.4 Å². The number of hydrogen-bond acceptors (Lipinski definition) is 3. The van der Waals surface area contributed by atoms with Crippen LogP contribution in [0, 0.1) is 5.41 Å². The Labute approximate surface area is 108 Å². The van der Waals surface area contributed by atoms with Crippen molar-refractivity contribution in [1.82, 2.24) is 10.3 Å². The second kappa shape index (κ2) is 5.38. The lowest BCUT2D eigenvalue weighted by molar-refractivity contribution is -0.130. The molecule has 1 aliphatic rings. The van der Waals surface area contributed by atoms with Gasteiger partial charge in [-0.05, 0) is 18.4 Å². The van der Waals surface area contributed by atoms with E-state index in [2.05, 4.69) is 17.2 Å². The Kier molecular flexibility index (Phi) is 3.84. The molecule has 0 saturated heterocycles. The van der Waals surface area contributed by atoms with E-state index in [0.29, 0.717) is 12.4 Å². The summed E-state index contributed by atoms with van der Waals surface area (Å²) in [5, 5.41) is 3.00.